The highest BCUT2D eigenvalue weighted by molar-refractivity contribution is 6.30. The smallest absolute Gasteiger partial charge is 0.368 e. The van der Waals surface area contributed by atoms with Gasteiger partial charge in [-0.05, 0) is 31.4 Å². The molecule has 2 bridgehead atoms. The van der Waals surface area contributed by atoms with Crippen molar-refractivity contribution >= 4 is 17.5 Å². The molecular formula is C21H20ClF4N3O3. The lowest BCUT2D eigenvalue weighted by molar-refractivity contribution is -0.357. The molecule has 0 saturated heterocycles. The van der Waals surface area contributed by atoms with Crippen LogP contribution in [0.1, 0.15) is 32.1 Å². The van der Waals surface area contributed by atoms with Gasteiger partial charge in [-0.2, -0.15) is 0 Å². The summed E-state index contributed by atoms with van der Waals surface area (Å²) in [6.45, 7) is -0.185. The Morgan fingerprint density at radius 1 is 1.25 bits per heavy atom. The fourth-order valence-electron chi connectivity index (χ4n) is 4.99. The number of nitrogens with zero attached hydrogens (tertiary/aromatic N) is 2. The molecule has 1 N–H and O–H groups in total. The standard InChI is InChI=1S/C21H20ClF4N3O3/c22-15-2-1-12(3-16(15)23)17-6-29(11-27-17)20-8-19(9-20,10-20)28-18(30)7-31-13-4-14(5-13)32-21(24,25)26/h1-3,6,11,13-14H,4-5,7-10H2,(H,28,30)/t13-,14+,19?,20?. The molecule has 1 aromatic heterocycles. The first kappa shape index (κ1) is 21.7. The molecule has 6 rings (SSSR count). The minimum absolute atomic E-state index is 0.0565. The van der Waals surface area contributed by atoms with Gasteiger partial charge >= 0.3 is 6.36 Å². The molecule has 4 fully saturated rings. The molecule has 0 radical (unpaired) electrons. The largest absolute Gasteiger partial charge is 0.522 e. The first-order valence-electron chi connectivity index (χ1n) is 10.2. The van der Waals surface area contributed by atoms with E-state index in [4.69, 9.17) is 16.3 Å². The molecule has 0 spiro atoms. The van der Waals surface area contributed by atoms with Crippen LogP contribution in [0.15, 0.2) is 30.7 Å². The second-order valence-electron chi connectivity index (χ2n) is 8.97. The van der Waals surface area contributed by atoms with Crippen LogP contribution in [0.5, 0.6) is 0 Å². The van der Waals surface area contributed by atoms with Gasteiger partial charge in [-0.25, -0.2) is 9.37 Å². The van der Waals surface area contributed by atoms with Crippen LogP contribution >= 0.6 is 11.6 Å². The lowest BCUT2D eigenvalue weighted by Crippen LogP contribution is -2.78. The van der Waals surface area contributed by atoms with Gasteiger partial charge < -0.3 is 14.6 Å². The Balaban J connectivity index is 1.08. The second-order valence-corrected chi connectivity index (χ2v) is 9.38. The van der Waals surface area contributed by atoms with E-state index in [0.717, 1.165) is 19.3 Å². The Bertz CT molecular complexity index is 1030. The average Bonchev–Trinajstić information content (AvgIpc) is 3.10. The van der Waals surface area contributed by atoms with Gasteiger partial charge in [-0.3, -0.25) is 9.53 Å². The number of nitrogens with one attached hydrogen (secondary N) is 1. The number of imidazole rings is 1. The molecule has 11 heteroatoms. The van der Waals surface area contributed by atoms with E-state index in [1.54, 1.807) is 12.4 Å². The summed E-state index contributed by atoms with van der Waals surface area (Å²) < 4.78 is 61.4. The number of amides is 1. The summed E-state index contributed by atoms with van der Waals surface area (Å²) in [6, 6.07) is 4.55. The molecule has 172 valence electrons. The Morgan fingerprint density at radius 2 is 1.97 bits per heavy atom. The molecule has 1 heterocycles. The Kier molecular flexibility index (Phi) is 5.03. The van der Waals surface area contributed by atoms with Crippen LogP contribution in [0.3, 0.4) is 0 Å². The third kappa shape index (κ3) is 3.99. The van der Waals surface area contributed by atoms with Gasteiger partial charge in [0.05, 0.1) is 34.8 Å². The normalized spacial score (nSPS) is 30.8. The van der Waals surface area contributed by atoms with Gasteiger partial charge in [0, 0.05) is 30.1 Å². The van der Waals surface area contributed by atoms with Gasteiger partial charge in [0.2, 0.25) is 5.91 Å². The number of halogens is 5. The summed E-state index contributed by atoms with van der Waals surface area (Å²) in [4.78, 5) is 16.6. The molecular weight excluding hydrogens is 454 g/mol. The van der Waals surface area contributed by atoms with E-state index < -0.39 is 24.4 Å². The molecule has 0 aliphatic heterocycles. The van der Waals surface area contributed by atoms with Crippen molar-refractivity contribution in [3.63, 3.8) is 0 Å². The maximum Gasteiger partial charge on any atom is 0.522 e. The highest BCUT2D eigenvalue weighted by Gasteiger charge is 2.69. The minimum atomic E-state index is -4.64. The third-order valence-electron chi connectivity index (χ3n) is 6.55. The fourth-order valence-corrected chi connectivity index (χ4v) is 5.11. The summed E-state index contributed by atoms with van der Waals surface area (Å²) in [5, 5.41) is 3.04. The number of hydrogen-bond donors (Lipinski definition) is 1. The average molecular weight is 474 g/mol. The van der Waals surface area contributed by atoms with Gasteiger partial charge in [0.15, 0.2) is 0 Å². The second kappa shape index (κ2) is 7.43. The number of carbonyl (C=O) groups excluding carboxylic acids is 1. The van der Waals surface area contributed by atoms with E-state index in [9.17, 15) is 22.4 Å². The predicted molar refractivity (Wildman–Crippen MR) is 105 cm³/mol. The van der Waals surface area contributed by atoms with Crippen molar-refractivity contribution in [3.05, 3.63) is 41.6 Å². The van der Waals surface area contributed by atoms with Crippen LogP contribution in [0.2, 0.25) is 5.02 Å². The predicted octanol–water partition coefficient (Wildman–Crippen LogP) is 4.17. The molecule has 32 heavy (non-hydrogen) atoms. The monoisotopic (exact) mass is 473 g/mol. The summed E-state index contributed by atoms with van der Waals surface area (Å²) in [5.74, 6) is -0.778. The number of benzene rings is 1. The van der Waals surface area contributed by atoms with Crippen molar-refractivity contribution < 1.29 is 31.8 Å². The van der Waals surface area contributed by atoms with Gasteiger partial charge in [0.25, 0.3) is 0 Å². The van der Waals surface area contributed by atoms with E-state index in [0.29, 0.717) is 11.3 Å². The van der Waals surface area contributed by atoms with Crippen molar-refractivity contribution in [2.24, 2.45) is 0 Å². The molecule has 4 saturated carbocycles. The summed E-state index contributed by atoms with van der Waals surface area (Å²) in [6.07, 6.45) is 0.152. The number of carbonyl (C=O) groups is 1. The fraction of sp³-hybridized carbons (Fsp3) is 0.524. The maximum atomic E-state index is 13.7. The van der Waals surface area contributed by atoms with Gasteiger partial charge in [-0.1, -0.05) is 17.7 Å². The van der Waals surface area contributed by atoms with E-state index in [-0.39, 0.29) is 41.5 Å². The van der Waals surface area contributed by atoms with E-state index in [1.807, 2.05) is 10.8 Å². The molecule has 0 unspecified atom stereocenters. The topological polar surface area (TPSA) is 65.4 Å². The Labute approximate surface area is 185 Å². The first-order chi connectivity index (χ1) is 15.0. The molecule has 1 aromatic carbocycles. The van der Waals surface area contributed by atoms with Crippen molar-refractivity contribution in [1.82, 2.24) is 14.9 Å². The van der Waals surface area contributed by atoms with Crippen LogP contribution < -0.4 is 5.32 Å². The summed E-state index contributed by atoms with van der Waals surface area (Å²) in [7, 11) is 0. The highest BCUT2D eigenvalue weighted by Crippen LogP contribution is 2.65. The van der Waals surface area contributed by atoms with Crippen molar-refractivity contribution in [1.29, 1.82) is 0 Å². The Morgan fingerprint density at radius 3 is 2.62 bits per heavy atom. The first-order valence-corrected chi connectivity index (χ1v) is 10.6. The summed E-state index contributed by atoms with van der Waals surface area (Å²) in [5.41, 5.74) is 0.889. The number of aromatic nitrogens is 2. The molecule has 0 atom stereocenters. The molecule has 6 nitrogen and oxygen atoms in total. The summed E-state index contributed by atoms with van der Waals surface area (Å²) >= 11 is 5.73. The quantitative estimate of drug-likeness (QED) is 0.613. The minimum Gasteiger partial charge on any atom is -0.368 e. The lowest BCUT2D eigenvalue weighted by atomic mass is 9.44. The molecule has 2 aromatic rings. The van der Waals surface area contributed by atoms with Crippen molar-refractivity contribution in [3.8, 4) is 11.3 Å². The number of hydrogen-bond acceptors (Lipinski definition) is 4. The number of rotatable bonds is 7. The van der Waals surface area contributed by atoms with Crippen molar-refractivity contribution in [2.45, 2.75) is 61.8 Å². The zero-order chi connectivity index (χ0) is 22.7. The zero-order valence-electron chi connectivity index (χ0n) is 16.8. The number of alkyl halides is 3. The van der Waals surface area contributed by atoms with E-state index in [2.05, 4.69) is 15.0 Å². The highest BCUT2D eigenvalue weighted by atomic mass is 35.5. The van der Waals surface area contributed by atoms with E-state index >= 15 is 0 Å². The van der Waals surface area contributed by atoms with Gasteiger partial charge in [0.1, 0.15) is 12.4 Å². The van der Waals surface area contributed by atoms with Gasteiger partial charge in [-0.15, -0.1) is 13.2 Å². The molecule has 1 amide bonds. The maximum absolute atomic E-state index is 13.7. The van der Waals surface area contributed by atoms with Crippen LogP contribution in [0.4, 0.5) is 17.6 Å². The van der Waals surface area contributed by atoms with Crippen LogP contribution in [0.25, 0.3) is 11.3 Å². The molecule has 4 aliphatic rings. The lowest BCUT2D eigenvalue weighted by Gasteiger charge is -2.70. The van der Waals surface area contributed by atoms with Crippen LogP contribution in [-0.2, 0) is 19.8 Å². The molecule has 4 aliphatic carbocycles. The SMILES string of the molecule is O=C(CO[C@H]1C[C@@H](OC(F)(F)F)C1)NC12CC(n3cnc(-c4ccc(Cl)c(F)c4)c3)(C1)C2. The van der Waals surface area contributed by atoms with Crippen LogP contribution in [0, 0.1) is 5.82 Å². The third-order valence-corrected chi connectivity index (χ3v) is 6.86. The van der Waals surface area contributed by atoms with Crippen molar-refractivity contribution in [2.75, 3.05) is 6.61 Å². The zero-order valence-corrected chi connectivity index (χ0v) is 17.5. The van der Waals surface area contributed by atoms with Crippen LogP contribution in [-0.4, -0.2) is 46.2 Å². The number of ether oxygens (including phenoxy) is 2. The Hall–Kier alpha value is -2.17. The van der Waals surface area contributed by atoms with E-state index in [1.165, 1.54) is 12.1 Å².